The molecular weight excluding hydrogens is 400 g/mol. The molecule has 0 spiro atoms. The number of halogens is 1. The summed E-state index contributed by atoms with van der Waals surface area (Å²) in [5.41, 5.74) is 6.91. The van der Waals surface area contributed by atoms with Gasteiger partial charge in [0.1, 0.15) is 11.2 Å². The molecule has 0 saturated carbocycles. The molecule has 0 amide bonds. The first-order chi connectivity index (χ1) is 13.9. The van der Waals surface area contributed by atoms with Gasteiger partial charge < -0.3 is 0 Å². The van der Waals surface area contributed by atoms with Crippen LogP contribution in [0.2, 0.25) is 5.02 Å². The maximum atomic E-state index is 5.99. The average Bonchev–Trinajstić information content (AvgIpc) is 3.11. The largest absolute Gasteiger partial charge is 0.260 e. The van der Waals surface area contributed by atoms with Gasteiger partial charge in [-0.15, -0.1) is 11.3 Å². The Morgan fingerprint density at radius 2 is 2.03 bits per heavy atom. The van der Waals surface area contributed by atoms with Crippen LogP contribution in [0.1, 0.15) is 56.5 Å². The molecule has 0 unspecified atom stereocenters. The van der Waals surface area contributed by atoms with E-state index in [1.165, 1.54) is 23.3 Å². The molecule has 0 saturated heterocycles. The number of anilines is 1. The molecule has 2 aromatic heterocycles. The fourth-order valence-electron chi connectivity index (χ4n) is 4.04. The van der Waals surface area contributed by atoms with Gasteiger partial charge in [-0.3, -0.25) is 5.43 Å². The van der Waals surface area contributed by atoms with Gasteiger partial charge in [0.15, 0.2) is 5.82 Å². The van der Waals surface area contributed by atoms with Gasteiger partial charge in [-0.1, -0.05) is 50.9 Å². The van der Waals surface area contributed by atoms with E-state index < -0.39 is 0 Å². The SMILES string of the molecule is CCC(C)(C)[C@@H]1CCc2sc3ncnc(N/N=C(/C)c4ccc(Cl)cc4)c3c2C1. The molecule has 152 valence electrons. The molecule has 1 aliphatic rings. The van der Waals surface area contributed by atoms with Crippen LogP contribution >= 0.6 is 22.9 Å². The molecule has 4 rings (SSSR count). The van der Waals surface area contributed by atoms with E-state index >= 15 is 0 Å². The summed E-state index contributed by atoms with van der Waals surface area (Å²) in [6.07, 6.45) is 6.31. The van der Waals surface area contributed by atoms with Crippen molar-refractivity contribution in [1.82, 2.24) is 9.97 Å². The molecule has 2 heterocycles. The maximum absolute atomic E-state index is 5.99. The number of aryl methyl sites for hydroxylation is 1. The van der Waals surface area contributed by atoms with Crippen LogP contribution in [0.15, 0.2) is 35.7 Å². The minimum atomic E-state index is 0.346. The topological polar surface area (TPSA) is 50.2 Å². The number of hydrogen-bond donors (Lipinski definition) is 1. The third-order valence-electron chi connectivity index (χ3n) is 6.45. The Hall–Kier alpha value is -1.98. The lowest BCUT2D eigenvalue weighted by Crippen LogP contribution is -2.28. The summed E-state index contributed by atoms with van der Waals surface area (Å²) in [7, 11) is 0. The second-order valence-electron chi connectivity index (χ2n) is 8.50. The van der Waals surface area contributed by atoms with Crippen LogP contribution < -0.4 is 5.43 Å². The zero-order valence-corrected chi connectivity index (χ0v) is 19.0. The summed E-state index contributed by atoms with van der Waals surface area (Å²) in [5, 5.41) is 6.47. The molecule has 1 N–H and O–H groups in total. The van der Waals surface area contributed by atoms with Gasteiger partial charge in [-0.2, -0.15) is 5.10 Å². The van der Waals surface area contributed by atoms with E-state index in [-0.39, 0.29) is 0 Å². The zero-order valence-electron chi connectivity index (χ0n) is 17.4. The summed E-state index contributed by atoms with van der Waals surface area (Å²) < 4.78 is 0. The highest BCUT2D eigenvalue weighted by atomic mass is 35.5. The van der Waals surface area contributed by atoms with Crippen LogP contribution in [0, 0.1) is 11.3 Å². The number of benzene rings is 1. The lowest BCUT2D eigenvalue weighted by molar-refractivity contribution is 0.184. The van der Waals surface area contributed by atoms with Crippen LogP contribution in [0.5, 0.6) is 0 Å². The minimum absolute atomic E-state index is 0.346. The third-order valence-corrected chi connectivity index (χ3v) is 7.90. The number of hydrogen-bond acceptors (Lipinski definition) is 5. The molecule has 0 aliphatic heterocycles. The number of hydrazone groups is 1. The molecule has 6 heteroatoms. The first kappa shape index (κ1) is 20.3. The summed E-state index contributed by atoms with van der Waals surface area (Å²) in [5.74, 6) is 1.49. The van der Waals surface area contributed by atoms with Crippen molar-refractivity contribution >= 4 is 44.7 Å². The second kappa shape index (κ2) is 8.04. The highest BCUT2D eigenvalue weighted by Crippen LogP contribution is 2.45. The molecule has 0 radical (unpaired) electrons. The van der Waals surface area contributed by atoms with Crippen LogP contribution in [-0.4, -0.2) is 15.7 Å². The Morgan fingerprint density at radius 1 is 1.28 bits per heavy atom. The Morgan fingerprint density at radius 3 is 2.76 bits per heavy atom. The van der Waals surface area contributed by atoms with Gasteiger partial charge in [0, 0.05) is 9.90 Å². The minimum Gasteiger partial charge on any atom is -0.260 e. The van der Waals surface area contributed by atoms with E-state index in [0.717, 1.165) is 45.2 Å². The fraction of sp³-hybridized carbons (Fsp3) is 0.435. The van der Waals surface area contributed by atoms with Crippen molar-refractivity contribution in [2.45, 2.75) is 53.4 Å². The first-order valence-corrected chi connectivity index (χ1v) is 11.4. The van der Waals surface area contributed by atoms with E-state index in [1.807, 2.05) is 42.5 Å². The van der Waals surface area contributed by atoms with Crippen molar-refractivity contribution < 1.29 is 0 Å². The van der Waals surface area contributed by atoms with E-state index in [2.05, 4.69) is 41.3 Å². The summed E-state index contributed by atoms with van der Waals surface area (Å²) >= 11 is 7.80. The summed E-state index contributed by atoms with van der Waals surface area (Å²) in [6, 6.07) is 7.71. The standard InChI is InChI=1S/C23H27ClN4S/c1-5-23(3,4)16-8-11-19-18(12-16)20-21(25-13-26-22(20)29-19)28-27-14(2)15-6-9-17(24)10-7-15/h6-7,9-10,13,16H,5,8,11-12H2,1-4H3,(H,25,26,28)/b27-14-/t16-/m1/s1. The van der Waals surface area contributed by atoms with E-state index in [1.54, 1.807) is 6.33 Å². The number of aromatic nitrogens is 2. The zero-order chi connectivity index (χ0) is 20.6. The van der Waals surface area contributed by atoms with Gasteiger partial charge in [0.2, 0.25) is 0 Å². The monoisotopic (exact) mass is 426 g/mol. The van der Waals surface area contributed by atoms with Gasteiger partial charge in [0.25, 0.3) is 0 Å². The van der Waals surface area contributed by atoms with Crippen LogP contribution in [-0.2, 0) is 12.8 Å². The van der Waals surface area contributed by atoms with Crippen molar-refractivity contribution in [3.8, 4) is 0 Å². The van der Waals surface area contributed by atoms with Crippen molar-refractivity contribution in [1.29, 1.82) is 0 Å². The number of fused-ring (bicyclic) bond motifs is 3. The molecule has 1 aliphatic carbocycles. The smallest absolute Gasteiger partial charge is 0.158 e. The van der Waals surface area contributed by atoms with Crippen molar-refractivity contribution in [3.63, 3.8) is 0 Å². The molecule has 4 nitrogen and oxygen atoms in total. The lowest BCUT2D eigenvalue weighted by atomic mass is 9.69. The highest BCUT2D eigenvalue weighted by Gasteiger charge is 2.33. The van der Waals surface area contributed by atoms with Crippen LogP contribution in [0.25, 0.3) is 10.2 Å². The fourth-order valence-corrected chi connectivity index (χ4v) is 5.35. The third kappa shape index (κ3) is 4.03. The van der Waals surface area contributed by atoms with Gasteiger partial charge >= 0.3 is 0 Å². The Bertz CT molecular complexity index is 1050. The number of rotatable bonds is 5. The van der Waals surface area contributed by atoms with E-state index in [4.69, 9.17) is 11.6 Å². The predicted molar refractivity (Wildman–Crippen MR) is 124 cm³/mol. The van der Waals surface area contributed by atoms with Crippen LogP contribution in [0.4, 0.5) is 5.82 Å². The Balaban J connectivity index is 1.67. The molecule has 3 aromatic rings. The maximum Gasteiger partial charge on any atom is 0.158 e. The molecule has 1 atom stereocenters. The normalized spacial score (nSPS) is 17.4. The number of thiophene rings is 1. The lowest BCUT2D eigenvalue weighted by Gasteiger charge is -2.36. The molecule has 0 bridgehead atoms. The molecule has 0 fully saturated rings. The average molecular weight is 427 g/mol. The van der Waals surface area contributed by atoms with Crippen molar-refractivity contribution in [3.05, 3.63) is 51.6 Å². The highest BCUT2D eigenvalue weighted by molar-refractivity contribution is 7.19. The van der Waals surface area contributed by atoms with E-state index in [0.29, 0.717) is 11.3 Å². The summed E-state index contributed by atoms with van der Waals surface area (Å²) in [6.45, 7) is 9.07. The van der Waals surface area contributed by atoms with Gasteiger partial charge in [-0.25, -0.2) is 9.97 Å². The molecular formula is C23H27ClN4S. The van der Waals surface area contributed by atoms with Crippen molar-refractivity contribution in [2.24, 2.45) is 16.4 Å². The number of nitrogens with one attached hydrogen (secondary N) is 1. The second-order valence-corrected chi connectivity index (χ2v) is 10.0. The van der Waals surface area contributed by atoms with Gasteiger partial charge in [0.05, 0.1) is 11.1 Å². The first-order valence-electron chi connectivity index (χ1n) is 10.2. The quantitative estimate of drug-likeness (QED) is 0.363. The van der Waals surface area contributed by atoms with Crippen LogP contribution in [0.3, 0.4) is 0 Å². The predicted octanol–water partition coefficient (Wildman–Crippen LogP) is 6.72. The summed E-state index contributed by atoms with van der Waals surface area (Å²) in [4.78, 5) is 11.6. The van der Waals surface area contributed by atoms with Gasteiger partial charge in [-0.05, 0) is 60.8 Å². The number of nitrogens with zero attached hydrogens (tertiary/aromatic N) is 3. The van der Waals surface area contributed by atoms with E-state index in [9.17, 15) is 0 Å². The molecule has 29 heavy (non-hydrogen) atoms. The Kier molecular flexibility index (Phi) is 5.63. The molecule has 1 aromatic carbocycles. The Labute approximate surface area is 181 Å². The van der Waals surface area contributed by atoms with Crippen molar-refractivity contribution in [2.75, 3.05) is 5.43 Å².